The molecular weight excluding hydrogens is 288 g/mol. The summed E-state index contributed by atoms with van der Waals surface area (Å²) >= 11 is 0. The van der Waals surface area contributed by atoms with Crippen molar-refractivity contribution in [2.45, 2.75) is 26.2 Å². The Morgan fingerprint density at radius 1 is 1.17 bits per heavy atom. The van der Waals surface area contributed by atoms with Crippen molar-refractivity contribution in [1.29, 1.82) is 0 Å². The van der Waals surface area contributed by atoms with E-state index >= 15 is 0 Å². The first-order valence-electron chi connectivity index (χ1n) is 7.71. The minimum absolute atomic E-state index is 0.0372. The number of para-hydroxylation sites is 1. The molecule has 4 nitrogen and oxygen atoms in total. The molecule has 0 spiro atoms. The van der Waals surface area contributed by atoms with Gasteiger partial charge in [0, 0.05) is 24.8 Å². The molecule has 2 aromatic rings. The van der Waals surface area contributed by atoms with Crippen LogP contribution in [0.25, 0.3) is 0 Å². The van der Waals surface area contributed by atoms with Crippen LogP contribution in [-0.4, -0.2) is 18.9 Å². The number of fused-ring (bicyclic) bond motifs is 1. The summed E-state index contributed by atoms with van der Waals surface area (Å²) in [5.74, 6) is -0.618. The van der Waals surface area contributed by atoms with Crippen molar-refractivity contribution in [3.63, 3.8) is 0 Å². The van der Waals surface area contributed by atoms with Crippen LogP contribution < -0.4 is 10.2 Å². The van der Waals surface area contributed by atoms with Gasteiger partial charge in [0.1, 0.15) is 0 Å². The third kappa shape index (κ3) is 2.84. The highest BCUT2D eigenvalue weighted by molar-refractivity contribution is 6.06. The van der Waals surface area contributed by atoms with E-state index < -0.39 is 5.92 Å². The SMILES string of the molecule is Cc1ccc(C)c(NC(=O)C2CC(=O)N(C)c3ccccc32)c1. The summed E-state index contributed by atoms with van der Waals surface area (Å²) in [6.45, 7) is 3.95. The third-order valence-electron chi connectivity index (χ3n) is 4.39. The molecule has 0 radical (unpaired) electrons. The molecule has 1 heterocycles. The second-order valence-corrected chi connectivity index (χ2v) is 6.08. The second kappa shape index (κ2) is 5.88. The summed E-state index contributed by atoms with van der Waals surface area (Å²) in [5.41, 5.74) is 4.61. The van der Waals surface area contributed by atoms with E-state index in [1.54, 1.807) is 11.9 Å². The Morgan fingerprint density at radius 3 is 2.70 bits per heavy atom. The van der Waals surface area contributed by atoms with E-state index in [2.05, 4.69) is 5.32 Å². The summed E-state index contributed by atoms with van der Waals surface area (Å²) in [5, 5.41) is 2.99. The molecule has 1 atom stereocenters. The number of nitrogens with zero attached hydrogens (tertiary/aromatic N) is 1. The normalized spacial score (nSPS) is 16.9. The van der Waals surface area contributed by atoms with Gasteiger partial charge in [0.25, 0.3) is 0 Å². The summed E-state index contributed by atoms with van der Waals surface area (Å²) in [6, 6.07) is 13.5. The zero-order valence-corrected chi connectivity index (χ0v) is 13.6. The zero-order valence-electron chi connectivity index (χ0n) is 13.6. The van der Waals surface area contributed by atoms with Crippen molar-refractivity contribution >= 4 is 23.2 Å². The van der Waals surface area contributed by atoms with E-state index in [1.165, 1.54) is 0 Å². The van der Waals surface area contributed by atoms with Gasteiger partial charge in [-0.1, -0.05) is 30.3 Å². The van der Waals surface area contributed by atoms with Crippen LogP contribution in [0.5, 0.6) is 0 Å². The molecule has 4 heteroatoms. The fourth-order valence-electron chi connectivity index (χ4n) is 2.97. The van der Waals surface area contributed by atoms with Crippen LogP contribution in [0.1, 0.15) is 29.0 Å². The largest absolute Gasteiger partial charge is 0.325 e. The van der Waals surface area contributed by atoms with E-state index in [9.17, 15) is 9.59 Å². The predicted octanol–water partition coefficient (Wildman–Crippen LogP) is 3.39. The number of aryl methyl sites for hydroxylation is 2. The molecule has 2 aromatic carbocycles. The Labute approximate surface area is 136 Å². The number of benzene rings is 2. The highest BCUT2D eigenvalue weighted by atomic mass is 16.2. The molecule has 1 unspecified atom stereocenters. The standard InChI is InChI=1S/C19H20N2O2/c1-12-8-9-13(2)16(10-12)20-19(23)15-11-18(22)21(3)17-7-5-4-6-14(15)17/h4-10,15H,11H2,1-3H3,(H,20,23). The summed E-state index contributed by atoms with van der Waals surface area (Å²) in [6.07, 6.45) is 0.199. The Hall–Kier alpha value is -2.62. The van der Waals surface area contributed by atoms with Crippen molar-refractivity contribution in [3.05, 3.63) is 59.2 Å². The van der Waals surface area contributed by atoms with Gasteiger partial charge in [0.05, 0.1) is 5.92 Å². The Balaban J connectivity index is 1.92. The van der Waals surface area contributed by atoms with Gasteiger partial charge in [-0.2, -0.15) is 0 Å². The molecule has 0 saturated carbocycles. The first kappa shape index (κ1) is 15.3. The summed E-state index contributed by atoms with van der Waals surface area (Å²) in [7, 11) is 1.75. The van der Waals surface area contributed by atoms with Crippen LogP contribution >= 0.6 is 0 Å². The van der Waals surface area contributed by atoms with Crippen LogP contribution in [0.15, 0.2) is 42.5 Å². The number of hydrogen-bond acceptors (Lipinski definition) is 2. The molecule has 23 heavy (non-hydrogen) atoms. The minimum Gasteiger partial charge on any atom is -0.325 e. The molecule has 1 aliphatic heterocycles. The van der Waals surface area contributed by atoms with Crippen molar-refractivity contribution in [2.24, 2.45) is 0 Å². The molecule has 0 saturated heterocycles. The molecule has 118 valence electrons. The average Bonchev–Trinajstić information content (AvgIpc) is 2.54. The van der Waals surface area contributed by atoms with Gasteiger partial charge in [-0.05, 0) is 42.7 Å². The lowest BCUT2D eigenvalue weighted by atomic mass is 9.88. The smallest absolute Gasteiger partial charge is 0.232 e. The lowest BCUT2D eigenvalue weighted by Gasteiger charge is -2.31. The van der Waals surface area contributed by atoms with Gasteiger partial charge < -0.3 is 10.2 Å². The number of amides is 2. The first-order chi connectivity index (χ1) is 11.0. The molecule has 2 amide bonds. The minimum atomic E-state index is -0.449. The van der Waals surface area contributed by atoms with Crippen LogP contribution in [0.3, 0.4) is 0 Å². The average molecular weight is 308 g/mol. The number of carbonyl (C=O) groups is 2. The number of anilines is 2. The molecule has 0 fully saturated rings. The number of rotatable bonds is 2. The van der Waals surface area contributed by atoms with Gasteiger partial charge in [-0.3, -0.25) is 9.59 Å². The highest BCUT2D eigenvalue weighted by Crippen LogP contribution is 2.35. The highest BCUT2D eigenvalue weighted by Gasteiger charge is 2.33. The second-order valence-electron chi connectivity index (χ2n) is 6.08. The van der Waals surface area contributed by atoms with E-state index in [1.807, 2.05) is 56.3 Å². The van der Waals surface area contributed by atoms with Gasteiger partial charge in [-0.15, -0.1) is 0 Å². The third-order valence-corrected chi connectivity index (χ3v) is 4.39. The van der Waals surface area contributed by atoms with Gasteiger partial charge in [0.2, 0.25) is 11.8 Å². The maximum Gasteiger partial charge on any atom is 0.232 e. The van der Waals surface area contributed by atoms with E-state index in [0.29, 0.717) is 0 Å². The topological polar surface area (TPSA) is 49.4 Å². The van der Waals surface area contributed by atoms with Crippen molar-refractivity contribution in [2.75, 3.05) is 17.3 Å². The molecule has 3 rings (SSSR count). The van der Waals surface area contributed by atoms with E-state index in [0.717, 1.165) is 28.1 Å². The monoisotopic (exact) mass is 308 g/mol. The van der Waals surface area contributed by atoms with E-state index in [-0.39, 0.29) is 18.2 Å². The number of carbonyl (C=O) groups excluding carboxylic acids is 2. The maximum atomic E-state index is 12.8. The number of nitrogens with one attached hydrogen (secondary N) is 1. The first-order valence-corrected chi connectivity index (χ1v) is 7.71. The molecule has 0 aliphatic carbocycles. The van der Waals surface area contributed by atoms with Gasteiger partial charge >= 0.3 is 0 Å². The van der Waals surface area contributed by atoms with Crippen molar-refractivity contribution in [1.82, 2.24) is 0 Å². The lowest BCUT2D eigenvalue weighted by Crippen LogP contribution is -2.37. The number of hydrogen-bond donors (Lipinski definition) is 1. The van der Waals surface area contributed by atoms with Crippen LogP contribution in [-0.2, 0) is 9.59 Å². The van der Waals surface area contributed by atoms with Crippen LogP contribution in [0.4, 0.5) is 11.4 Å². The fraction of sp³-hybridized carbons (Fsp3) is 0.263. The van der Waals surface area contributed by atoms with Crippen LogP contribution in [0, 0.1) is 13.8 Å². The Morgan fingerprint density at radius 2 is 1.91 bits per heavy atom. The quantitative estimate of drug-likeness (QED) is 0.924. The van der Waals surface area contributed by atoms with Crippen molar-refractivity contribution < 1.29 is 9.59 Å². The molecular formula is C19H20N2O2. The van der Waals surface area contributed by atoms with E-state index in [4.69, 9.17) is 0 Å². The zero-order chi connectivity index (χ0) is 16.6. The molecule has 0 aromatic heterocycles. The molecule has 0 bridgehead atoms. The van der Waals surface area contributed by atoms with Gasteiger partial charge in [-0.25, -0.2) is 0 Å². The van der Waals surface area contributed by atoms with Crippen LogP contribution in [0.2, 0.25) is 0 Å². The molecule has 1 N–H and O–H groups in total. The fourth-order valence-corrected chi connectivity index (χ4v) is 2.97. The predicted molar refractivity (Wildman–Crippen MR) is 91.8 cm³/mol. The Bertz CT molecular complexity index is 783. The van der Waals surface area contributed by atoms with Gasteiger partial charge in [0.15, 0.2) is 0 Å². The Kier molecular flexibility index (Phi) is 3.90. The van der Waals surface area contributed by atoms with Crippen molar-refractivity contribution in [3.8, 4) is 0 Å². The lowest BCUT2D eigenvalue weighted by molar-refractivity contribution is -0.124. The summed E-state index contributed by atoms with van der Waals surface area (Å²) in [4.78, 5) is 26.6. The maximum absolute atomic E-state index is 12.8. The molecule has 1 aliphatic rings. The summed E-state index contributed by atoms with van der Waals surface area (Å²) < 4.78 is 0.